The fraction of sp³-hybridized carbons (Fsp3) is 0.0476. The Labute approximate surface area is 135 Å². The summed E-state index contributed by atoms with van der Waals surface area (Å²) < 4.78 is 2.27. The molecule has 3 aromatic carbocycles. The van der Waals surface area contributed by atoms with E-state index in [1.807, 2.05) is 12.1 Å². The molecule has 0 fully saturated rings. The number of phenols is 1. The molecule has 0 atom stereocenters. The van der Waals surface area contributed by atoms with E-state index in [0.717, 1.165) is 12.1 Å². The van der Waals surface area contributed by atoms with Crippen LogP contribution in [0.1, 0.15) is 5.56 Å². The molecular weight excluding hydrogens is 282 g/mol. The number of para-hydroxylation sites is 1. The van der Waals surface area contributed by atoms with Crippen molar-refractivity contribution in [3.05, 3.63) is 90.6 Å². The van der Waals surface area contributed by atoms with E-state index in [-0.39, 0.29) is 0 Å². The zero-order chi connectivity index (χ0) is 15.6. The topological polar surface area (TPSA) is 25.2 Å². The number of hydrogen-bond acceptors (Lipinski definition) is 1. The molecule has 0 spiro atoms. The average Bonchev–Trinajstić information content (AvgIpc) is 2.99. The van der Waals surface area contributed by atoms with Gasteiger partial charge in [-0.3, -0.25) is 0 Å². The third-order valence-corrected chi connectivity index (χ3v) is 4.16. The van der Waals surface area contributed by atoms with E-state index < -0.39 is 0 Å². The fourth-order valence-electron chi connectivity index (χ4n) is 2.98. The Bertz CT molecular complexity index is 951. The summed E-state index contributed by atoms with van der Waals surface area (Å²) in [6.45, 7) is 0.847. The minimum Gasteiger partial charge on any atom is -0.508 e. The van der Waals surface area contributed by atoms with Crippen LogP contribution in [0.3, 0.4) is 0 Å². The average molecular weight is 299 g/mol. The SMILES string of the molecule is Oc1ccc(-c2cccc(Cn3ccc4ccccc43)c2)cc1. The van der Waals surface area contributed by atoms with Crippen molar-refractivity contribution in [2.24, 2.45) is 0 Å². The standard InChI is InChI=1S/C21H17NO/c23-20-10-8-17(9-11-20)19-6-3-4-16(14-19)15-22-13-12-18-5-1-2-7-21(18)22/h1-14,23H,15H2. The number of aromatic hydroxyl groups is 1. The third-order valence-electron chi connectivity index (χ3n) is 4.16. The van der Waals surface area contributed by atoms with Crippen LogP contribution in [-0.2, 0) is 6.54 Å². The molecule has 2 nitrogen and oxygen atoms in total. The predicted octanol–water partition coefficient (Wildman–Crippen LogP) is 5.06. The molecule has 0 unspecified atom stereocenters. The van der Waals surface area contributed by atoms with Gasteiger partial charge in [-0.15, -0.1) is 0 Å². The summed E-state index contributed by atoms with van der Waals surface area (Å²) >= 11 is 0. The highest BCUT2D eigenvalue weighted by molar-refractivity contribution is 5.80. The van der Waals surface area contributed by atoms with E-state index in [1.54, 1.807) is 12.1 Å². The van der Waals surface area contributed by atoms with Gasteiger partial charge in [0.1, 0.15) is 5.75 Å². The molecule has 1 aromatic heterocycles. The van der Waals surface area contributed by atoms with Crippen LogP contribution < -0.4 is 0 Å². The smallest absolute Gasteiger partial charge is 0.115 e. The highest BCUT2D eigenvalue weighted by atomic mass is 16.3. The van der Waals surface area contributed by atoms with Crippen LogP contribution in [-0.4, -0.2) is 9.67 Å². The van der Waals surface area contributed by atoms with Crippen LogP contribution in [0, 0.1) is 0 Å². The Balaban J connectivity index is 1.67. The first-order valence-corrected chi connectivity index (χ1v) is 7.72. The fourth-order valence-corrected chi connectivity index (χ4v) is 2.98. The molecule has 0 bridgehead atoms. The van der Waals surface area contributed by atoms with Gasteiger partial charge in [0.2, 0.25) is 0 Å². The summed E-state index contributed by atoms with van der Waals surface area (Å²) in [6.07, 6.45) is 2.14. The predicted molar refractivity (Wildman–Crippen MR) is 94.6 cm³/mol. The van der Waals surface area contributed by atoms with Crippen LogP contribution in [0.25, 0.3) is 22.0 Å². The molecule has 4 aromatic rings. The number of aromatic nitrogens is 1. The third kappa shape index (κ3) is 2.71. The second-order valence-corrected chi connectivity index (χ2v) is 5.75. The van der Waals surface area contributed by atoms with E-state index >= 15 is 0 Å². The van der Waals surface area contributed by atoms with Gasteiger partial charge in [0.05, 0.1) is 0 Å². The highest BCUT2D eigenvalue weighted by Gasteiger charge is 2.03. The van der Waals surface area contributed by atoms with Gasteiger partial charge in [0, 0.05) is 18.3 Å². The molecule has 0 radical (unpaired) electrons. The van der Waals surface area contributed by atoms with Gasteiger partial charge in [0.25, 0.3) is 0 Å². The number of nitrogens with zero attached hydrogens (tertiary/aromatic N) is 1. The maximum atomic E-state index is 9.43. The van der Waals surface area contributed by atoms with E-state index in [2.05, 4.69) is 65.4 Å². The molecule has 0 aliphatic rings. The lowest BCUT2D eigenvalue weighted by molar-refractivity contribution is 0.475. The Morgan fingerprint density at radius 1 is 0.739 bits per heavy atom. The number of benzene rings is 3. The van der Waals surface area contributed by atoms with Crippen molar-refractivity contribution in [3.8, 4) is 16.9 Å². The van der Waals surface area contributed by atoms with Crippen molar-refractivity contribution >= 4 is 10.9 Å². The summed E-state index contributed by atoms with van der Waals surface area (Å²) in [4.78, 5) is 0. The quantitative estimate of drug-likeness (QED) is 0.562. The Kier molecular flexibility index (Phi) is 3.35. The summed E-state index contributed by atoms with van der Waals surface area (Å²) in [7, 11) is 0. The molecule has 4 rings (SSSR count). The maximum absolute atomic E-state index is 9.43. The largest absolute Gasteiger partial charge is 0.508 e. The second-order valence-electron chi connectivity index (χ2n) is 5.75. The molecule has 23 heavy (non-hydrogen) atoms. The molecule has 0 saturated heterocycles. The van der Waals surface area contributed by atoms with Crippen molar-refractivity contribution in [3.63, 3.8) is 0 Å². The van der Waals surface area contributed by atoms with E-state index in [0.29, 0.717) is 5.75 Å². The molecule has 0 aliphatic heterocycles. The molecule has 1 N–H and O–H groups in total. The summed E-state index contributed by atoms with van der Waals surface area (Å²) in [6, 6.07) is 26.5. The summed E-state index contributed by atoms with van der Waals surface area (Å²) in [5.74, 6) is 0.295. The van der Waals surface area contributed by atoms with Crippen molar-refractivity contribution in [2.75, 3.05) is 0 Å². The highest BCUT2D eigenvalue weighted by Crippen LogP contribution is 2.24. The van der Waals surface area contributed by atoms with Gasteiger partial charge < -0.3 is 9.67 Å². The van der Waals surface area contributed by atoms with Gasteiger partial charge in [-0.25, -0.2) is 0 Å². The van der Waals surface area contributed by atoms with Crippen molar-refractivity contribution < 1.29 is 5.11 Å². The van der Waals surface area contributed by atoms with Gasteiger partial charge >= 0.3 is 0 Å². The zero-order valence-electron chi connectivity index (χ0n) is 12.7. The lowest BCUT2D eigenvalue weighted by Crippen LogP contribution is -1.97. The Morgan fingerprint density at radius 2 is 1.57 bits per heavy atom. The van der Waals surface area contributed by atoms with Crippen LogP contribution in [0.5, 0.6) is 5.75 Å². The normalized spacial score (nSPS) is 11.0. The Hall–Kier alpha value is -3.00. The minimum atomic E-state index is 0.295. The van der Waals surface area contributed by atoms with Crippen LogP contribution in [0.2, 0.25) is 0 Å². The van der Waals surface area contributed by atoms with Crippen molar-refractivity contribution in [2.45, 2.75) is 6.54 Å². The van der Waals surface area contributed by atoms with Gasteiger partial charge in [0.15, 0.2) is 0 Å². The minimum absolute atomic E-state index is 0.295. The van der Waals surface area contributed by atoms with Crippen LogP contribution in [0.4, 0.5) is 0 Å². The first-order valence-electron chi connectivity index (χ1n) is 7.72. The first kappa shape index (κ1) is 13.6. The number of phenolic OH excluding ortho intramolecular Hbond substituents is 1. The zero-order valence-corrected chi connectivity index (χ0v) is 12.7. The van der Waals surface area contributed by atoms with Crippen LogP contribution in [0.15, 0.2) is 85.1 Å². The van der Waals surface area contributed by atoms with E-state index in [4.69, 9.17) is 0 Å². The van der Waals surface area contributed by atoms with Gasteiger partial charge in [-0.1, -0.05) is 48.5 Å². The molecule has 0 aliphatic carbocycles. The molecule has 112 valence electrons. The molecule has 1 heterocycles. The second kappa shape index (κ2) is 5.65. The molecule has 0 amide bonds. The number of rotatable bonds is 3. The van der Waals surface area contributed by atoms with Crippen molar-refractivity contribution in [1.82, 2.24) is 4.57 Å². The number of hydrogen-bond donors (Lipinski definition) is 1. The molecular formula is C21H17NO. The summed E-state index contributed by atoms with van der Waals surface area (Å²) in [5, 5.41) is 10.7. The first-order chi connectivity index (χ1) is 11.3. The maximum Gasteiger partial charge on any atom is 0.115 e. The van der Waals surface area contributed by atoms with E-state index in [1.165, 1.54) is 22.0 Å². The monoisotopic (exact) mass is 299 g/mol. The summed E-state index contributed by atoms with van der Waals surface area (Å²) in [5.41, 5.74) is 4.79. The van der Waals surface area contributed by atoms with Crippen LogP contribution >= 0.6 is 0 Å². The van der Waals surface area contributed by atoms with Crippen molar-refractivity contribution in [1.29, 1.82) is 0 Å². The van der Waals surface area contributed by atoms with E-state index in [9.17, 15) is 5.11 Å². The molecule has 0 saturated carbocycles. The van der Waals surface area contributed by atoms with Gasteiger partial charge in [-0.05, 0) is 52.4 Å². The Morgan fingerprint density at radius 3 is 2.43 bits per heavy atom. The van der Waals surface area contributed by atoms with Gasteiger partial charge in [-0.2, -0.15) is 0 Å². The lowest BCUT2D eigenvalue weighted by atomic mass is 10.0. The lowest BCUT2D eigenvalue weighted by Gasteiger charge is -2.08. The number of fused-ring (bicyclic) bond motifs is 1. The molecule has 2 heteroatoms.